The topological polar surface area (TPSA) is 115 Å². The van der Waals surface area contributed by atoms with Crippen molar-refractivity contribution >= 4 is 139 Å². The maximum Gasteiger partial charge on any atom is 0.415 e. The number of hydrogen-bond donors (Lipinski definition) is 1. The Bertz CT molecular complexity index is 2280. The van der Waals surface area contributed by atoms with Gasteiger partial charge in [0.25, 0.3) is 0 Å². The minimum absolute atomic E-state index is 0.129. The predicted octanol–water partition coefficient (Wildman–Crippen LogP) is 17.7. The normalized spacial score (nSPS) is 13.8. The number of terminal acetylenes is 2. The molecule has 1 amide bonds. The first-order valence-electron chi connectivity index (χ1n) is 22.4. The second-order valence-electron chi connectivity index (χ2n) is 15.8. The third-order valence-corrected chi connectivity index (χ3v) is 12.4. The number of phenolic OH excluding ortho intramolecular Hbond substituents is 1. The van der Waals surface area contributed by atoms with Crippen LogP contribution >= 0.6 is 116 Å². The van der Waals surface area contributed by atoms with Gasteiger partial charge in [-0.05, 0) is 140 Å². The van der Waals surface area contributed by atoms with E-state index in [0.717, 1.165) is 51.7 Å². The lowest BCUT2D eigenvalue weighted by Gasteiger charge is -2.30. The van der Waals surface area contributed by atoms with E-state index in [1.165, 1.54) is 87.0 Å². The van der Waals surface area contributed by atoms with Crippen molar-refractivity contribution in [3.63, 3.8) is 0 Å². The monoisotopic (exact) mass is 1190 g/mol. The Morgan fingerprint density at radius 1 is 0.667 bits per heavy atom. The van der Waals surface area contributed by atoms with E-state index in [-0.39, 0.29) is 17.6 Å². The summed E-state index contributed by atoms with van der Waals surface area (Å²) in [4.78, 5) is 36.0. The third kappa shape index (κ3) is 32.8. The average Bonchev–Trinajstić information content (AvgIpc) is 3.93. The van der Waals surface area contributed by atoms with E-state index in [2.05, 4.69) is 38.3 Å². The SMILES string of the molecule is C#CCC1CCCCC1.C#CCC1CCN(C(=O)Oc2ccc(Cl)c(Cl)c2)CC1.C1CCOC1.CC(=O)OC(Cl)(Cl)Cl.CN(C)c1ccccc1.O=C(Cl)Oc1ccc(Cl)c(Cl)c1.Oc1ccc(Cl)c(Cl)c1. The van der Waals surface area contributed by atoms with Crippen LogP contribution in [0.1, 0.15) is 77.6 Å². The van der Waals surface area contributed by atoms with Gasteiger partial charge in [0.1, 0.15) is 17.2 Å². The molecule has 7 rings (SSSR count). The average molecular weight is 1190 g/mol. The van der Waals surface area contributed by atoms with Crippen molar-refractivity contribution in [2.45, 2.75) is 81.5 Å². The number of amides is 1. The fourth-order valence-electron chi connectivity index (χ4n) is 6.27. The molecule has 0 atom stereocenters. The van der Waals surface area contributed by atoms with Gasteiger partial charge < -0.3 is 33.9 Å². The first-order chi connectivity index (χ1) is 34.0. The number of hydrogen-bond acceptors (Lipinski definition) is 9. The molecule has 1 aliphatic carbocycles. The molecule has 0 bridgehead atoms. The molecular formula is C52H58Cl10N2O8. The summed E-state index contributed by atoms with van der Waals surface area (Å²) in [6.07, 6.45) is 23.3. The highest BCUT2D eigenvalue weighted by Gasteiger charge is 2.24. The molecule has 0 aromatic heterocycles. The Labute approximate surface area is 474 Å². The second-order valence-corrected chi connectivity index (χ2v) is 20.7. The van der Waals surface area contributed by atoms with Crippen molar-refractivity contribution in [2.24, 2.45) is 11.8 Å². The smallest absolute Gasteiger partial charge is 0.415 e. The summed E-state index contributed by atoms with van der Waals surface area (Å²) in [7, 11) is 4.07. The standard InChI is InChI=1S/C15H15Cl2NO2.C9H14.C8H11N.C7H3Cl3O2.C6H4Cl2O.C4H8O.C3H3Cl3O2/c1-2-3-11-6-8-18(9-7-11)15(19)20-12-4-5-13(16)14(17)10-12;1-2-6-9-7-4-3-5-8-9;1-9(2)8-6-4-3-5-7-8;8-5-2-1-4(3-6(5)9)12-7(10)11;7-5-2-1-4(9)3-6(5)8;1-2-4-5-3-1;1-2(7)8-3(4,5)6/h1,4-5,10-11H,3,6-9H2;1,9H,3-8H2;3-7H,1-2H3;1-3H;1-3,9H;1-4H2;1H3. The summed E-state index contributed by atoms with van der Waals surface area (Å²) in [5, 5.41) is 11.1. The number of alkyl halides is 3. The highest BCUT2D eigenvalue weighted by molar-refractivity contribution is 6.66. The van der Waals surface area contributed by atoms with Gasteiger partial charge in [-0.2, -0.15) is 0 Å². The van der Waals surface area contributed by atoms with Gasteiger partial charge in [-0.3, -0.25) is 4.79 Å². The zero-order chi connectivity index (χ0) is 54.1. The Kier molecular flexibility index (Phi) is 35.4. The van der Waals surface area contributed by atoms with E-state index in [1.807, 2.05) is 32.3 Å². The lowest BCUT2D eigenvalue weighted by Crippen LogP contribution is -2.40. The lowest BCUT2D eigenvalue weighted by molar-refractivity contribution is -0.141. The molecule has 0 unspecified atom stereocenters. The van der Waals surface area contributed by atoms with Crippen LogP contribution in [0.2, 0.25) is 30.1 Å². The number of aromatic hydroxyl groups is 1. The number of phenols is 1. The minimum Gasteiger partial charge on any atom is -0.508 e. The molecule has 2 aliphatic heterocycles. The molecule has 72 heavy (non-hydrogen) atoms. The summed E-state index contributed by atoms with van der Waals surface area (Å²) >= 11 is 54.0. The van der Waals surface area contributed by atoms with Crippen molar-refractivity contribution in [1.82, 2.24) is 4.90 Å². The van der Waals surface area contributed by atoms with Gasteiger partial charge in [-0.15, -0.1) is 24.7 Å². The molecule has 1 saturated carbocycles. The Morgan fingerprint density at radius 3 is 1.47 bits per heavy atom. The van der Waals surface area contributed by atoms with E-state index in [0.29, 0.717) is 54.9 Å². The number of esters is 1. The van der Waals surface area contributed by atoms with Crippen LogP contribution in [0.25, 0.3) is 0 Å². The highest BCUT2D eigenvalue weighted by Crippen LogP contribution is 2.30. The molecule has 2 heterocycles. The lowest BCUT2D eigenvalue weighted by atomic mass is 9.87. The first-order valence-corrected chi connectivity index (χ1v) is 26.1. The number of halogens is 10. The molecule has 0 radical (unpaired) electrons. The number of ether oxygens (including phenoxy) is 4. The summed E-state index contributed by atoms with van der Waals surface area (Å²) < 4.78 is 17.0. The quantitative estimate of drug-likeness (QED) is 0.0903. The number of carbonyl (C=O) groups is 3. The Balaban J connectivity index is 0.000000438. The van der Waals surface area contributed by atoms with Crippen molar-refractivity contribution in [2.75, 3.05) is 45.3 Å². The van der Waals surface area contributed by atoms with Gasteiger partial charge in [0.2, 0.25) is 0 Å². The molecule has 394 valence electrons. The number of para-hydroxylation sites is 1. The van der Waals surface area contributed by atoms with Crippen molar-refractivity contribution in [3.05, 3.63) is 115 Å². The van der Waals surface area contributed by atoms with Crippen LogP contribution in [0.15, 0.2) is 84.9 Å². The van der Waals surface area contributed by atoms with E-state index < -0.39 is 15.4 Å². The Hall–Kier alpha value is -3.33. The molecule has 10 nitrogen and oxygen atoms in total. The molecule has 4 aromatic carbocycles. The van der Waals surface area contributed by atoms with Crippen LogP contribution in [0.4, 0.5) is 15.3 Å². The van der Waals surface area contributed by atoms with Crippen LogP contribution in [0.5, 0.6) is 17.2 Å². The summed E-state index contributed by atoms with van der Waals surface area (Å²) in [6, 6.07) is 23.8. The highest BCUT2D eigenvalue weighted by atomic mass is 35.6. The fraction of sp³-hybridized carbons (Fsp3) is 0.404. The largest absolute Gasteiger partial charge is 0.508 e. The maximum absolute atomic E-state index is 12.0. The zero-order valence-electron chi connectivity index (χ0n) is 40.0. The molecule has 3 aliphatic rings. The van der Waals surface area contributed by atoms with Crippen LogP contribution < -0.4 is 14.4 Å². The summed E-state index contributed by atoms with van der Waals surface area (Å²) in [5.74, 6) is 6.96. The molecule has 0 spiro atoms. The van der Waals surface area contributed by atoms with E-state index in [4.69, 9.17) is 143 Å². The van der Waals surface area contributed by atoms with E-state index >= 15 is 0 Å². The molecular weight excluding hydrogens is 1140 g/mol. The van der Waals surface area contributed by atoms with Gasteiger partial charge in [-0.25, -0.2) is 9.59 Å². The van der Waals surface area contributed by atoms with Crippen LogP contribution in [0.3, 0.4) is 0 Å². The van der Waals surface area contributed by atoms with Gasteiger partial charge in [-0.1, -0.05) is 107 Å². The maximum atomic E-state index is 12.0. The molecule has 1 N–H and O–H groups in total. The summed E-state index contributed by atoms with van der Waals surface area (Å²) in [6.45, 7) is 4.50. The van der Waals surface area contributed by atoms with Crippen LogP contribution in [-0.2, 0) is 14.3 Å². The third-order valence-electron chi connectivity index (χ3n) is 9.86. The zero-order valence-corrected chi connectivity index (χ0v) is 47.5. The van der Waals surface area contributed by atoms with Crippen molar-refractivity contribution in [3.8, 4) is 41.9 Å². The molecule has 4 aromatic rings. The Morgan fingerprint density at radius 2 is 1.12 bits per heavy atom. The van der Waals surface area contributed by atoms with E-state index in [9.17, 15) is 14.4 Å². The molecule has 3 fully saturated rings. The summed E-state index contributed by atoms with van der Waals surface area (Å²) in [5.41, 5.74) is 0.339. The van der Waals surface area contributed by atoms with Crippen LogP contribution in [0, 0.1) is 36.5 Å². The number of benzene rings is 4. The number of piperidine rings is 1. The molecule has 20 heteroatoms. The predicted molar refractivity (Wildman–Crippen MR) is 300 cm³/mol. The fourth-order valence-corrected chi connectivity index (χ4v) is 7.55. The number of rotatable bonds is 5. The van der Waals surface area contributed by atoms with Gasteiger partial charge >= 0.3 is 21.5 Å². The second kappa shape index (κ2) is 38.3. The van der Waals surface area contributed by atoms with Gasteiger partial charge in [0.15, 0.2) is 0 Å². The number of anilines is 1. The number of likely N-dealkylation sites (tertiary alicyclic amines) is 1. The van der Waals surface area contributed by atoms with Gasteiger partial charge in [0, 0.05) is 89.6 Å². The number of carbonyl (C=O) groups excluding carboxylic acids is 3. The number of nitrogens with zero attached hydrogens (tertiary/aromatic N) is 2. The van der Waals surface area contributed by atoms with Crippen molar-refractivity contribution < 1.29 is 38.4 Å². The molecule has 2 saturated heterocycles. The first kappa shape index (κ1) is 66.7. The van der Waals surface area contributed by atoms with Gasteiger partial charge in [0.05, 0.1) is 30.1 Å². The van der Waals surface area contributed by atoms with Crippen LogP contribution in [-0.4, -0.2) is 71.9 Å². The minimum atomic E-state index is -1.91. The van der Waals surface area contributed by atoms with Crippen molar-refractivity contribution in [1.29, 1.82) is 0 Å². The van der Waals surface area contributed by atoms with E-state index in [1.54, 1.807) is 23.1 Å².